The van der Waals surface area contributed by atoms with Crippen molar-refractivity contribution < 1.29 is 0 Å². The summed E-state index contributed by atoms with van der Waals surface area (Å²) in [6.07, 6.45) is 0. The molecule has 0 aromatic carbocycles. The lowest BCUT2D eigenvalue weighted by Crippen LogP contribution is -0.482. The third-order valence-electron chi connectivity index (χ3n) is 0. The minimum absolute atomic E-state index is 0. The Labute approximate surface area is 44.7 Å². The average molecular weight is 92.6 g/mol. The second kappa shape index (κ2) is 15100. The molecule has 0 aliphatic heterocycles. The molecule has 6 heteroatoms. The van der Waals surface area contributed by atoms with Crippen molar-refractivity contribution >= 4 is 25.2 Å². The topological polar surface area (TPSA) is 105 Å². The summed E-state index contributed by atoms with van der Waals surface area (Å²) in [6, 6.07) is 0. The van der Waals surface area contributed by atoms with Crippen molar-refractivity contribution in [2.45, 2.75) is 0 Å². The highest BCUT2D eigenvalue weighted by molar-refractivity contribution is 5.76. The second-order valence-corrected chi connectivity index (χ2v) is 0. The summed E-state index contributed by atoms with van der Waals surface area (Å²) in [5, 5.41) is 0. The first-order valence-electron chi connectivity index (χ1n) is 0. The lowest BCUT2D eigenvalue weighted by molar-refractivity contribution is 2.13. The van der Waals surface area contributed by atoms with Gasteiger partial charge in [-0.2, -0.15) is 0 Å². The smallest absolute Gasteiger partial charge is 0.0814 e. The Hall–Kier alpha value is 0.0748. The molecule has 0 heterocycles. The Kier molecular flexibility index (Phi) is 70200000. The SMILES string of the molecule is B.B.B.N.N.N. The molecule has 0 spiro atoms. The lowest BCUT2D eigenvalue weighted by atomic mass is 10.8. The van der Waals surface area contributed by atoms with E-state index < -0.39 is 0 Å². The average Bonchev–Trinajstić information content (AvgIpc) is 0. The quantitative estimate of drug-likeness (QED) is 0.276. The summed E-state index contributed by atoms with van der Waals surface area (Å²) >= 11 is 0. The molecule has 0 rings (SSSR count). The van der Waals surface area contributed by atoms with E-state index in [1.165, 1.54) is 0 Å². The van der Waals surface area contributed by atoms with Crippen molar-refractivity contribution in [3.05, 3.63) is 0 Å². The maximum atomic E-state index is 0. The maximum absolute atomic E-state index is 0. The van der Waals surface area contributed by atoms with Gasteiger partial charge in [-0.1, -0.05) is 0 Å². The summed E-state index contributed by atoms with van der Waals surface area (Å²) in [6.45, 7) is 0. The Morgan fingerprint density at radius 2 is 0.333 bits per heavy atom. The molecule has 0 aliphatic rings. The Morgan fingerprint density at radius 3 is 0.333 bits per heavy atom. The van der Waals surface area contributed by atoms with Crippen LogP contribution >= 0.6 is 0 Å². The van der Waals surface area contributed by atoms with E-state index in [-0.39, 0.29) is 43.7 Å². The molecular weight excluding hydrogens is 74.5 g/mol. The van der Waals surface area contributed by atoms with Gasteiger partial charge in [-0.05, 0) is 0 Å². The Morgan fingerprint density at radius 1 is 0.333 bits per heavy atom. The molecule has 0 radical (unpaired) electrons. The lowest BCUT2D eigenvalue weighted by Gasteiger charge is -0.345. The van der Waals surface area contributed by atoms with Crippen LogP contribution in [0.5, 0.6) is 0 Å². The molecule has 0 fully saturated rings. The van der Waals surface area contributed by atoms with E-state index in [1.807, 2.05) is 0 Å². The van der Waals surface area contributed by atoms with Crippen LogP contribution in [-0.2, 0) is 0 Å². The molecule has 0 amide bonds. The van der Waals surface area contributed by atoms with Crippen LogP contribution in [0.4, 0.5) is 0 Å². The van der Waals surface area contributed by atoms with Crippen LogP contribution in [0.1, 0.15) is 0 Å². The zero-order valence-electron chi connectivity index (χ0n) is 2.12. The van der Waals surface area contributed by atoms with Gasteiger partial charge in [0.15, 0.2) is 0 Å². The molecule has 0 atom stereocenters. The van der Waals surface area contributed by atoms with Crippen LogP contribution in [0.15, 0.2) is 0 Å². The van der Waals surface area contributed by atoms with Gasteiger partial charge in [0, 0.05) is 0 Å². The highest BCUT2D eigenvalue weighted by atomic mass is 14.0. The second-order valence-electron chi connectivity index (χ2n) is 0. The molecule has 42 valence electrons. The Balaban J connectivity index is 0. The van der Waals surface area contributed by atoms with Crippen LogP contribution in [0.25, 0.3) is 0 Å². The van der Waals surface area contributed by atoms with Gasteiger partial charge in [-0.15, -0.1) is 0 Å². The van der Waals surface area contributed by atoms with E-state index in [0.717, 1.165) is 0 Å². The first kappa shape index (κ1) is 28000. The molecule has 0 saturated heterocycles. The van der Waals surface area contributed by atoms with Gasteiger partial charge < -0.3 is 18.5 Å². The standard InChI is InChI=1S/3BH3.3H3N/h6*1H3. The third kappa shape index (κ3) is 6880. The van der Waals surface area contributed by atoms with E-state index in [4.69, 9.17) is 0 Å². The van der Waals surface area contributed by atoms with Gasteiger partial charge in [0.25, 0.3) is 0 Å². The van der Waals surface area contributed by atoms with Crippen LogP contribution in [-0.4, -0.2) is 25.2 Å². The van der Waals surface area contributed by atoms with E-state index in [0.29, 0.717) is 0 Å². The van der Waals surface area contributed by atoms with E-state index in [9.17, 15) is 0 Å². The fraction of sp³-hybridized carbons (Fsp3) is 0. The minimum Gasteiger partial charge on any atom is -0.344 e. The highest BCUT2D eigenvalue weighted by Crippen LogP contribution is -0.379. The highest BCUT2D eigenvalue weighted by Gasteiger charge is 0.0834. The predicted octanol–water partition coefficient (Wildman–Crippen LogP) is -3.07. The summed E-state index contributed by atoms with van der Waals surface area (Å²) < 4.78 is 0. The molecule has 0 bridgehead atoms. The molecule has 0 saturated carbocycles. The number of hydrogen-bond donors (Lipinski definition) is 3. The molecule has 0 unspecified atom stereocenters. The van der Waals surface area contributed by atoms with Crippen molar-refractivity contribution in [1.82, 2.24) is 18.5 Å². The van der Waals surface area contributed by atoms with E-state index in [1.54, 1.807) is 0 Å². The molecule has 0 aliphatic carbocycles. The molecule has 0 aromatic rings. The van der Waals surface area contributed by atoms with Crippen LogP contribution < -0.4 is 18.5 Å². The summed E-state index contributed by atoms with van der Waals surface area (Å²) in [5.74, 6) is 0. The number of rotatable bonds is 0. The molecule has 6 heavy (non-hydrogen) atoms. The zero-order chi connectivity index (χ0) is 0. The fourth-order valence-corrected chi connectivity index (χ4v) is 0. The largest absolute Gasteiger partial charge is 0.344 e. The fourth-order valence-electron chi connectivity index (χ4n) is 0. The van der Waals surface area contributed by atoms with Crippen molar-refractivity contribution in [3.63, 3.8) is 0 Å². The van der Waals surface area contributed by atoms with Gasteiger partial charge in [-0.3, -0.25) is 0 Å². The van der Waals surface area contributed by atoms with Crippen LogP contribution in [0.3, 0.4) is 0 Å². The zero-order valence-corrected chi connectivity index (χ0v) is 2.12. The molecule has 0 aromatic heterocycles. The normalized spacial score (nSPS) is 0. The van der Waals surface area contributed by atoms with Gasteiger partial charge in [0.05, 0.1) is 25.2 Å². The van der Waals surface area contributed by atoms with E-state index in [2.05, 4.69) is 0 Å². The van der Waals surface area contributed by atoms with Gasteiger partial charge in [0.1, 0.15) is 0 Å². The van der Waals surface area contributed by atoms with Crippen molar-refractivity contribution in [2.75, 3.05) is 0 Å². The Bertz CT molecular complexity index is 6.00. The van der Waals surface area contributed by atoms with Gasteiger partial charge in [-0.25, -0.2) is 0 Å². The molecule has 3 nitrogen and oxygen atoms in total. The van der Waals surface area contributed by atoms with Crippen LogP contribution in [0.2, 0.25) is 0 Å². The molecular formula is H18B3N3. The number of hydrogen-bond acceptors (Lipinski definition) is 3. The minimum atomic E-state index is 0. The summed E-state index contributed by atoms with van der Waals surface area (Å²) in [5.41, 5.74) is 0. The van der Waals surface area contributed by atoms with Crippen molar-refractivity contribution in [2.24, 2.45) is 0 Å². The first-order chi connectivity index (χ1) is 0. The molecule has 9 N–H and O–H groups in total. The third-order valence-corrected chi connectivity index (χ3v) is 0. The summed E-state index contributed by atoms with van der Waals surface area (Å²) in [4.78, 5) is 0. The van der Waals surface area contributed by atoms with Gasteiger partial charge in [0.2, 0.25) is 0 Å². The first-order valence-corrected chi connectivity index (χ1v) is 0. The summed E-state index contributed by atoms with van der Waals surface area (Å²) in [7, 11) is 0. The maximum Gasteiger partial charge on any atom is 0.0814 e. The van der Waals surface area contributed by atoms with Crippen molar-refractivity contribution in [3.8, 4) is 0 Å². The monoisotopic (exact) mass is 93.2 g/mol. The van der Waals surface area contributed by atoms with Gasteiger partial charge >= 0.3 is 0 Å². The van der Waals surface area contributed by atoms with Crippen LogP contribution in [0, 0.1) is 0 Å². The predicted molar refractivity (Wildman–Crippen MR) is 44.9 cm³/mol. The van der Waals surface area contributed by atoms with Crippen molar-refractivity contribution in [1.29, 1.82) is 0 Å². The van der Waals surface area contributed by atoms with E-state index >= 15 is 0 Å².